The van der Waals surface area contributed by atoms with Crippen molar-refractivity contribution in [3.63, 3.8) is 0 Å². The van der Waals surface area contributed by atoms with Crippen molar-refractivity contribution in [2.45, 2.75) is 6.92 Å². The van der Waals surface area contributed by atoms with E-state index in [0.717, 1.165) is 0 Å². The Morgan fingerprint density at radius 2 is 2.36 bits per heavy atom. The first-order chi connectivity index (χ1) is 5.13. The molecule has 0 spiro atoms. The minimum absolute atomic E-state index is 0.00694. The lowest BCUT2D eigenvalue weighted by atomic mass is 10.2. The molecule has 0 aliphatic rings. The van der Waals surface area contributed by atoms with E-state index in [1.165, 1.54) is 19.2 Å². The molecule has 0 atom stereocenters. The molecule has 0 aliphatic heterocycles. The summed E-state index contributed by atoms with van der Waals surface area (Å²) in [5.74, 6) is -1.06. The van der Waals surface area contributed by atoms with E-state index in [2.05, 4.69) is 20.9 Å². The van der Waals surface area contributed by atoms with Crippen LogP contribution < -0.4 is 0 Å². The third kappa shape index (κ3) is 1.63. The zero-order valence-corrected chi connectivity index (χ0v) is 7.35. The highest BCUT2D eigenvalue weighted by atomic mass is 79.9. The van der Waals surface area contributed by atoms with Crippen LogP contribution in [0.1, 0.15) is 17.3 Å². The first-order valence-electron chi connectivity index (χ1n) is 2.94. The molecule has 0 aromatic carbocycles. The van der Waals surface area contributed by atoms with Crippen LogP contribution in [0.5, 0.6) is 0 Å². The second-order valence-electron chi connectivity index (χ2n) is 2.01. The molecule has 0 saturated carbocycles. The summed E-state index contributed by atoms with van der Waals surface area (Å²) in [6.07, 6.45) is 1.30. The Bertz CT molecular complexity index is 280. The molecule has 0 amide bonds. The fraction of sp³-hybridized carbons (Fsp3) is 0.143. The number of hydrogen-bond donors (Lipinski definition) is 0. The summed E-state index contributed by atoms with van der Waals surface area (Å²) in [5.41, 5.74) is 0.00694. The standard InChI is InChI=1S/C7H5BrFNO/c1-4(11)6-5(8)2-3-10-7(6)9/h2-3H,1H3. The highest BCUT2D eigenvalue weighted by molar-refractivity contribution is 9.10. The maximum absolute atomic E-state index is 12.7. The first kappa shape index (κ1) is 8.33. The maximum atomic E-state index is 12.7. The van der Waals surface area contributed by atoms with Crippen molar-refractivity contribution in [3.05, 3.63) is 28.2 Å². The van der Waals surface area contributed by atoms with Gasteiger partial charge >= 0.3 is 0 Å². The van der Waals surface area contributed by atoms with E-state index >= 15 is 0 Å². The van der Waals surface area contributed by atoms with Gasteiger partial charge in [-0.3, -0.25) is 4.79 Å². The molecule has 58 valence electrons. The molecule has 0 fully saturated rings. The lowest BCUT2D eigenvalue weighted by Crippen LogP contribution is -2.00. The molecule has 2 nitrogen and oxygen atoms in total. The van der Waals surface area contributed by atoms with Gasteiger partial charge in [-0.15, -0.1) is 0 Å². The zero-order chi connectivity index (χ0) is 8.43. The lowest BCUT2D eigenvalue weighted by Gasteiger charge is -1.98. The lowest BCUT2D eigenvalue weighted by molar-refractivity contribution is 0.101. The molecule has 11 heavy (non-hydrogen) atoms. The predicted molar refractivity (Wildman–Crippen MR) is 41.9 cm³/mol. The van der Waals surface area contributed by atoms with Gasteiger partial charge < -0.3 is 0 Å². The van der Waals surface area contributed by atoms with Crippen LogP contribution in [0.25, 0.3) is 0 Å². The van der Waals surface area contributed by atoms with E-state index in [1.807, 2.05) is 0 Å². The number of nitrogens with zero attached hydrogens (tertiary/aromatic N) is 1. The highest BCUT2D eigenvalue weighted by Gasteiger charge is 2.11. The number of rotatable bonds is 1. The van der Waals surface area contributed by atoms with Gasteiger partial charge in [-0.1, -0.05) is 0 Å². The van der Waals surface area contributed by atoms with Crippen molar-refractivity contribution in [2.75, 3.05) is 0 Å². The van der Waals surface area contributed by atoms with Crippen molar-refractivity contribution >= 4 is 21.7 Å². The third-order valence-electron chi connectivity index (χ3n) is 1.21. The van der Waals surface area contributed by atoms with Crippen molar-refractivity contribution in [3.8, 4) is 0 Å². The largest absolute Gasteiger partial charge is 0.294 e. The van der Waals surface area contributed by atoms with E-state index in [0.29, 0.717) is 4.47 Å². The first-order valence-corrected chi connectivity index (χ1v) is 3.73. The summed E-state index contributed by atoms with van der Waals surface area (Å²) in [5, 5.41) is 0. The van der Waals surface area contributed by atoms with Crippen LogP contribution in [-0.2, 0) is 0 Å². The SMILES string of the molecule is CC(=O)c1c(Br)ccnc1F. The van der Waals surface area contributed by atoms with Crippen LogP contribution >= 0.6 is 15.9 Å². The quantitative estimate of drug-likeness (QED) is 0.534. The molecule has 1 heterocycles. The Morgan fingerprint density at radius 3 is 2.73 bits per heavy atom. The average Bonchev–Trinajstić information content (AvgIpc) is 1.85. The normalized spacial score (nSPS) is 9.73. The van der Waals surface area contributed by atoms with Gasteiger partial charge in [0.05, 0.1) is 5.56 Å². The van der Waals surface area contributed by atoms with Crippen molar-refractivity contribution in [1.82, 2.24) is 4.98 Å². The van der Waals surface area contributed by atoms with Gasteiger partial charge in [0.1, 0.15) is 0 Å². The molecule has 4 heteroatoms. The molecule has 0 N–H and O–H groups in total. The Kier molecular flexibility index (Phi) is 2.34. The number of halogens is 2. The number of aromatic nitrogens is 1. The fourth-order valence-corrected chi connectivity index (χ4v) is 1.29. The molecule has 1 aromatic heterocycles. The van der Waals surface area contributed by atoms with Gasteiger partial charge in [0.15, 0.2) is 5.78 Å². The van der Waals surface area contributed by atoms with Crippen LogP contribution in [0.2, 0.25) is 0 Å². The summed E-state index contributed by atoms with van der Waals surface area (Å²) in [4.78, 5) is 14.1. The Balaban J connectivity index is 3.32. The molecule has 1 aromatic rings. The van der Waals surface area contributed by atoms with Gasteiger partial charge in [0, 0.05) is 10.7 Å². The van der Waals surface area contributed by atoms with E-state index in [1.54, 1.807) is 0 Å². The second kappa shape index (κ2) is 3.09. The minimum Gasteiger partial charge on any atom is -0.294 e. The van der Waals surface area contributed by atoms with Crippen molar-refractivity contribution in [1.29, 1.82) is 0 Å². The average molecular weight is 218 g/mol. The smallest absolute Gasteiger partial charge is 0.224 e. The Labute approximate surface area is 71.6 Å². The summed E-state index contributed by atoms with van der Waals surface area (Å²) >= 11 is 3.05. The minimum atomic E-state index is -0.730. The van der Waals surface area contributed by atoms with Crippen molar-refractivity contribution in [2.24, 2.45) is 0 Å². The van der Waals surface area contributed by atoms with E-state index in [4.69, 9.17) is 0 Å². The summed E-state index contributed by atoms with van der Waals surface area (Å²) in [6, 6.07) is 1.53. The zero-order valence-electron chi connectivity index (χ0n) is 5.77. The number of carbonyl (C=O) groups is 1. The molecular weight excluding hydrogens is 213 g/mol. The molecular formula is C7H5BrFNO. The summed E-state index contributed by atoms with van der Waals surface area (Å²) in [6.45, 7) is 1.30. The second-order valence-corrected chi connectivity index (χ2v) is 2.87. The monoisotopic (exact) mass is 217 g/mol. The number of ketones is 1. The summed E-state index contributed by atoms with van der Waals surface area (Å²) < 4.78 is 13.2. The van der Waals surface area contributed by atoms with Gasteiger partial charge in [0.2, 0.25) is 5.95 Å². The van der Waals surface area contributed by atoms with E-state index < -0.39 is 5.95 Å². The molecule has 0 aliphatic carbocycles. The third-order valence-corrected chi connectivity index (χ3v) is 1.87. The molecule has 0 unspecified atom stereocenters. The van der Waals surface area contributed by atoms with Gasteiger partial charge in [-0.25, -0.2) is 4.98 Å². The number of Topliss-reactive ketones (excluding diaryl/α,β-unsaturated/α-hetero) is 1. The number of carbonyl (C=O) groups excluding carboxylic acids is 1. The van der Waals surface area contributed by atoms with Crippen LogP contribution in [0, 0.1) is 5.95 Å². The molecule has 0 saturated heterocycles. The summed E-state index contributed by atoms with van der Waals surface area (Å²) in [7, 11) is 0. The molecule has 0 radical (unpaired) electrons. The van der Waals surface area contributed by atoms with E-state index in [9.17, 15) is 9.18 Å². The number of pyridine rings is 1. The predicted octanol–water partition coefficient (Wildman–Crippen LogP) is 2.19. The van der Waals surface area contributed by atoms with Crippen LogP contribution in [0.3, 0.4) is 0 Å². The topological polar surface area (TPSA) is 30.0 Å². The van der Waals surface area contributed by atoms with E-state index in [-0.39, 0.29) is 11.3 Å². The Hall–Kier alpha value is -0.770. The van der Waals surface area contributed by atoms with Crippen LogP contribution in [-0.4, -0.2) is 10.8 Å². The maximum Gasteiger partial charge on any atom is 0.224 e. The fourth-order valence-electron chi connectivity index (χ4n) is 0.728. The number of hydrogen-bond acceptors (Lipinski definition) is 2. The highest BCUT2D eigenvalue weighted by Crippen LogP contribution is 2.17. The van der Waals surface area contributed by atoms with Gasteiger partial charge in [0.25, 0.3) is 0 Å². The Morgan fingerprint density at radius 1 is 1.73 bits per heavy atom. The molecule has 0 bridgehead atoms. The molecule has 1 rings (SSSR count). The van der Waals surface area contributed by atoms with Crippen molar-refractivity contribution < 1.29 is 9.18 Å². The van der Waals surface area contributed by atoms with Gasteiger partial charge in [-0.2, -0.15) is 4.39 Å². The van der Waals surface area contributed by atoms with Crippen LogP contribution in [0.4, 0.5) is 4.39 Å². The van der Waals surface area contributed by atoms with Crippen LogP contribution in [0.15, 0.2) is 16.7 Å². The van der Waals surface area contributed by atoms with Gasteiger partial charge in [-0.05, 0) is 28.9 Å².